The molecule has 21 heavy (non-hydrogen) atoms. The van der Waals surface area contributed by atoms with Crippen LogP contribution in [-0.4, -0.2) is 56.3 Å². The average molecular weight is 317 g/mol. The van der Waals surface area contributed by atoms with Gasteiger partial charge in [0.15, 0.2) is 0 Å². The van der Waals surface area contributed by atoms with E-state index in [2.05, 4.69) is 4.72 Å². The van der Waals surface area contributed by atoms with Crippen molar-refractivity contribution in [2.45, 2.75) is 45.6 Å². The molecule has 6 nitrogen and oxygen atoms in total. The Balaban J connectivity index is 1.74. The van der Waals surface area contributed by atoms with E-state index < -0.39 is 10.2 Å². The molecule has 0 spiro atoms. The van der Waals surface area contributed by atoms with Crippen LogP contribution >= 0.6 is 0 Å². The highest BCUT2D eigenvalue weighted by molar-refractivity contribution is 7.87. The molecule has 0 aromatic heterocycles. The van der Waals surface area contributed by atoms with Crippen molar-refractivity contribution < 1.29 is 13.2 Å². The summed E-state index contributed by atoms with van der Waals surface area (Å²) >= 11 is 0. The van der Waals surface area contributed by atoms with Crippen LogP contribution in [0.4, 0.5) is 0 Å². The lowest BCUT2D eigenvalue weighted by Crippen LogP contribution is -2.46. The highest BCUT2D eigenvalue weighted by Gasteiger charge is 2.35. The number of hydrogen-bond acceptors (Lipinski definition) is 3. The SMILES string of the molecule is CC(C)N(C)S(=O)(=O)NCC1CCN(C(=O)C2CC2)CC1. The number of likely N-dealkylation sites (tertiary alicyclic amines) is 1. The lowest BCUT2D eigenvalue weighted by molar-refractivity contribution is -0.133. The van der Waals surface area contributed by atoms with Crippen LogP contribution in [0.1, 0.15) is 39.5 Å². The van der Waals surface area contributed by atoms with E-state index in [4.69, 9.17) is 0 Å². The van der Waals surface area contributed by atoms with Gasteiger partial charge in [-0.15, -0.1) is 0 Å². The van der Waals surface area contributed by atoms with Crippen molar-refractivity contribution in [1.82, 2.24) is 13.9 Å². The highest BCUT2D eigenvalue weighted by atomic mass is 32.2. The monoisotopic (exact) mass is 317 g/mol. The number of hydrogen-bond donors (Lipinski definition) is 1. The fraction of sp³-hybridized carbons (Fsp3) is 0.929. The summed E-state index contributed by atoms with van der Waals surface area (Å²) in [6.07, 6.45) is 3.85. The molecular formula is C14H27N3O3S. The predicted octanol–water partition coefficient (Wildman–Crippen LogP) is 0.810. The largest absolute Gasteiger partial charge is 0.342 e. The van der Waals surface area contributed by atoms with Crippen molar-refractivity contribution >= 4 is 16.1 Å². The lowest BCUT2D eigenvalue weighted by Gasteiger charge is -2.32. The van der Waals surface area contributed by atoms with Crippen LogP contribution in [0.5, 0.6) is 0 Å². The molecule has 2 rings (SSSR count). The Morgan fingerprint density at radius 3 is 2.29 bits per heavy atom. The van der Waals surface area contributed by atoms with Gasteiger partial charge in [0.25, 0.3) is 10.2 Å². The first-order chi connectivity index (χ1) is 9.81. The third-order valence-corrected chi connectivity index (χ3v) is 6.22. The number of nitrogens with zero attached hydrogens (tertiary/aromatic N) is 2. The zero-order valence-corrected chi connectivity index (χ0v) is 14.0. The fourth-order valence-electron chi connectivity index (χ4n) is 2.55. The van der Waals surface area contributed by atoms with Crippen molar-refractivity contribution in [2.75, 3.05) is 26.7 Å². The van der Waals surface area contributed by atoms with Crippen molar-refractivity contribution in [3.63, 3.8) is 0 Å². The number of piperidine rings is 1. The van der Waals surface area contributed by atoms with Gasteiger partial charge < -0.3 is 4.90 Å². The van der Waals surface area contributed by atoms with Gasteiger partial charge in [0.05, 0.1) is 0 Å². The summed E-state index contributed by atoms with van der Waals surface area (Å²) in [6.45, 7) is 5.69. The zero-order valence-electron chi connectivity index (χ0n) is 13.2. The normalized spacial score (nSPS) is 21.3. The molecule has 7 heteroatoms. The van der Waals surface area contributed by atoms with Gasteiger partial charge in [0.2, 0.25) is 5.91 Å². The van der Waals surface area contributed by atoms with Crippen LogP contribution in [0.25, 0.3) is 0 Å². The number of carbonyl (C=O) groups is 1. The molecule has 1 aliphatic heterocycles. The van der Waals surface area contributed by atoms with E-state index >= 15 is 0 Å². The maximum Gasteiger partial charge on any atom is 0.279 e. The lowest BCUT2D eigenvalue weighted by atomic mass is 9.97. The fourth-order valence-corrected chi connectivity index (χ4v) is 3.75. The number of carbonyl (C=O) groups excluding carboxylic acids is 1. The second-order valence-corrected chi connectivity index (χ2v) is 8.32. The number of amides is 1. The minimum absolute atomic E-state index is 0.0551. The van der Waals surface area contributed by atoms with Crippen LogP contribution in [0.15, 0.2) is 0 Å². The molecule has 1 saturated heterocycles. The van der Waals surface area contributed by atoms with E-state index in [0.29, 0.717) is 18.4 Å². The molecule has 0 aromatic carbocycles. The van der Waals surface area contributed by atoms with Gasteiger partial charge in [-0.2, -0.15) is 12.7 Å². The van der Waals surface area contributed by atoms with E-state index in [9.17, 15) is 13.2 Å². The van der Waals surface area contributed by atoms with Crippen molar-refractivity contribution in [1.29, 1.82) is 0 Å². The van der Waals surface area contributed by atoms with Gasteiger partial charge in [-0.05, 0) is 45.4 Å². The maximum atomic E-state index is 12.0. The summed E-state index contributed by atoms with van der Waals surface area (Å²) in [5.41, 5.74) is 0. The Morgan fingerprint density at radius 2 is 1.81 bits per heavy atom. The minimum atomic E-state index is -3.39. The second-order valence-electron chi connectivity index (χ2n) is 6.51. The molecule has 2 fully saturated rings. The molecule has 0 unspecified atom stereocenters. The standard InChI is InChI=1S/C14H27N3O3S/c1-11(2)16(3)21(19,20)15-10-12-6-8-17(9-7-12)14(18)13-4-5-13/h11-13,15H,4-10H2,1-3H3. The van der Waals surface area contributed by atoms with Crippen LogP contribution in [0.3, 0.4) is 0 Å². The van der Waals surface area contributed by atoms with Crippen LogP contribution in [0, 0.1) is 11.8 Å². The summed E-state index contributed by atoms with van der Waals surface area (Å²) in [4.78, 5) is 13.9. The van der Waals surface area contributed by atoms with Crippen molar-refractivity contribution in [3.05, 3.63) is 0 Å². The molecule has 2 aliphatic rings. The van der Waals surface area contributed by atoms with Gasteiger partial charge >= 0.3 is 0 Å². The number of rotatable bonds is 6. The molecule has 1 saturated carbocycles. The van der Waals surface area contributed by atoms with Gasteiger partial charge in [-0.1, -0.05) is 0 Å². The molecule has 0 aromatic rings. The predicted molar refractivity (Wildman–Crippen MR) is 81.8 cm³/mol. The topological polar surface area (TPSA) is 69.7 Å². The summed E-state index contributed by atoms with van der Waals surface area (Å²) in [5, 5.41) is 0. The van der Waals surface area contributed by atoms with E-state index in [-0.39, 0.29) is 12.0 Å². The molecular weight excluding hydrogens is 290 g/mol. The minimum Gasteiger partial charge on any atom is -0.342 e. The zero-order chi connectivity index (χ0) is 15.6. The molecule has 1 N–H and O–H groups in total. The third kappa shape index (κ3) is 4.40. The summed E-state index contributed by atoms with van der Waals surface area (Å²) in [7, 11) is -1.80. The Kier molecular flexibility index (Phi) is 5.27. The molecule has 0 radical (unpaired) electrons. The molecule has 0 atom stereocenters. The van der Waals surface area contributed by atoms with E-state index in [0.717, 1.165) is 38.8 Å². The van der Waals surface area contributed by atoms with Crippen molar-refractivity contribution in [2.24, 2.45) is 11.8 Å². The van der Waals surface area contributed by atoms with E-state index in [1.165, 1.54) is 4.31 Å². The van der Waals surface area contributed by atoms with Gasteiger partial charge in [-0.25, -0.2) is 4.72 Å². The quantitative estimate of drug-likeness (QED) is 0.788. The van der Waals surface area contributed by atoms with Crippen LogP contribution in [0.2, 0.25) is 0 Å². The Bertz CT molecular complexity index is 466. The number of nitrogens with one attached hydrogen (secondary N) is 1. The summed E-state index contributed by atoms with van der Waals surface area (Å²) in [5.74, 6) is 0.900. The molecule has 1 amide bonds. The Labute approximate surface area is 128 Å². The maximum absolute atomic E-state index is 12.0. The van der Waals surface area contributed by atoms with Crippen molar-refractivity contribution in [3.8, 4) is 0 Å². The molecule has 0 bridgehead atoms. The molecule has 1 aliphatic carbocycles. The van der Waals surface area contributed by atoms with Crippen LogP contribution < -0.4 is 4.72 Å². The van der Waals surface area contributed by atoms with E-state index in [1.807, 2.05) is 18.7 Å². The molecule has 1 heterocycles. The van der Waals surface area contributed by atoms with Gasteiger partial charge in [0, 0.05) is 38.6 Å². The Morgan fingerprint density at radius 1 is 1.24 bits per heavy atom. The van der Waals surface area contributed by atoms with Gasteiger partial charge in [-0.3, -0.25) is 4.79 Å². The van der Waals surface area contributed by atoms with Gasteiger partial charge in [0.1, 0.15) is 0 Å². The smallest absolute Gasteiger partial charge is 0.279 e. The van der Waals surface area contributed by atoms with E-state index in [1.54, 1.807) is 7.05 Å². The Hall–Kier alpha value is -0.660. The first-order valence-electron chi connectivity index (χ1n) is 7.82. The molecule has 122 valence electrons. The second kappa shape index (κ2) is 6.62. The summed E-state index contributed by atoms with van der Waals surface area (Å²) < 4.78 is 28.1. The average Bonchev–Trinajstić information content (AvgIpc) is 3.28. The van der Waals surface area contributed by atoms with Crippen LogP contribution in [-0.2, 0) is 15.0 Å². The first kappa shape index (κ1) is 16.7. The summed E-state index contributed by atoms with van der Waals surface area (Å²) in [6, 6.07) is -0.0551. The first-order valence-corrected chi connectivity index (χ1v) is 9.26. The highest BCUT2D eigenvalue weighted by Crippen LogP contribution is 2.32. The third-order valence-electron chi connectivity index (χ3n) is 4.51.